The lowest BCUT2D eigenvalue weighted by Gasteiger charge is -2.04. The van der Waals surface area contributed by atoms with Gasteiger partial charge < -0.3 is 4.98 Å². The smallest absolute Gasteiger partial charge is 0.205 e. The van der Waals surface area contributed by atoms with Crippen LogP contribution >= 0.6 is 11.3 Å². The molecule has 1 N–H and O–H groups in total. The second-order valence-corrected chi connectivity index (χ2v) is 5.26. The minimum absolute atomic E-state index is 0.277. The van der Waals surface area contributed by atoms with Gasteiger partial charge in [0.15, 0.2) is 5.92 Å². The number of hydrogen-bond donors (Lipinski definition) is 1. The van der Waals surface area contributed by atoms with E-state index in [2.05, 4.69) is 15.0 Å². The molecule has 3 rings (SSSR count). The van der Waals surface area contributed by atoms with Crippen LogP contribution in [0.2, 0.25) is 0 Å². The average molecular weight is 282 g/mol. The second kappa shape index (κ2) is 4.87. The molecule has 3 aromatic rings. The van der Waals surface area contributed by atoms with Crippen LogP contribution in [0.3, 0.4) is 0 Å². The maximum absolute atomic E-state index is 12.4. The highest BCUT2D eigenvalue weighted by atomic mass is 32.1. The Morgan fingerprint density at radius 3 is 2.95 bits per heavy atom. The molecule has 6 heteroatoms. The normalized spacial score (nSPS) is 12.2. The van der Waals surface area contributed by atoms with Gasteiger partial charge in [0.2, 0.25) is 5.78 Å². The van der Waals surface area contributed by atoms with Gasteiger partial charge in [0.1, 0.15) is 16.3 Å². The first-order chi connectivity index (χ1) is 9.69. The summed E-state index contributed by atoms with van der Waals surface area (Å²) in [6.07, 6.45) is 1.76. The zero-order chi connectivity index (χ0) is 14.1. The van der Waals surface area contributed by atoms with Gasteiger partial charge in [-0.1, -0.05) is 0 Å². The first kappa shape index (κ1) is 12.5. The van der Waals surface area contributed by atoms with Gasteiger partial charge in [-0.2, -0.15) is 5.26 Å². The summed E-state index contributed by atoms with van der Waals surface area (Å²) in [5.74, 6) is -1.22. The molecule has 20 heavy (non-hydrogen) atoms. The molecule has 0 amide bonds. The number of carbonyl (C=O) groups excluding carboxylic acids is 1. The lowest BCUT2D eigenvalue weighted by Crippen LogP contribution is -2.12. The molecule has 0 radical (unpaired) electrons. The van der Waals surface area contributed by atoms with E-state index in [1.165, 1.54) is 11.3 Å². The van der Waals surface area contributed by atoms with Gasteiger partial charge in [0.05, 0.1) is 6.07 Å². The number of aromatic amines is 1. The molecule has 5 nitrogen and oxygen atoms in total. The van der Waals surface area contributed by atoms with E-state index in [4.69, 9.17) is 0 Å². The van der Waals surface area contributed by atoms with Gasteiger partial charge >= 0.3 is 0 Å². The van der Waals surface area contributed by atoms with Crippen LogP contribution in [0.15, 0.2) is 29.8 Å². The fourth-order valence-corrected chi connectivity index (χ4v) is 2.78. The van der Waals surface area contributed by atoms with E-state index < -0.39 is 5.92 Å². The third kappa shape index (κ3) is 2.08. The molecule has 3 heterocycles. The van der Waals surface area contributed by atoms with Crippen LogP contribution < -0.4 is 0 Å². The number of aryl methyl sites for hydroxylation is 1. The topological polar surface area (TPSA) is 82.4 Å². The van der Waals surface area contributed by atoms with Crippen LogP contribution in [0.4, 0.5) is 0 Å². The Morgan fingerprint density at radius 2 is 2.25 bits per heavy atom. The fraction of sp³-hybridized carbons (Fsp3) is 0.143. The number of fused-ring (bicyclic) bond motifs is 1. The summed E-state index contributed by atoms with van der Waals surface area (Å²) in [7, 11) is 0. The van der Waals surface area contributed by atoms with E-state index in [9.17, 15) is 10.1 Å². The maximum Gasteiger partial charge on any atom is 0.205 e. The van der Waals surface area contributed by atoms with E-state index in [0.717, 1.165) is 11.1 Å². The molecule has 0 aliphatic rings. The van der Waals surface area contributed by atoms with Gasteiger partial charge in [-0.05, 0) is 25.1 Å². The minimum atomic E-state index is -0.895. The number of thiazole rings is 1. The van der Waals surface area contributed by atoms with Crippen molar-refractivity contribution in [2.75, 3.05) is 0 Å². The Balaban J connectivity index is 1.99. The molecule has 3 aromatic heterocycles. The standard InChI is InChI=1S/C14H10N4OS/c1-8-7-20-14(17-8)10(6-15)12(19)11-3-2-9-4-5-16-13(9)18-11/h2-5,7,10H,1H3,(H,16,18)/t10-/m0/s1. The average Bonchev–Trinajstić information content (AvgIpc) is 3.07. The van der Waals surface area contributed by atoms with E-state index in [1.54, 1.807) is 12.3 Å². The van der Waals surface area contributed by atoms with Crippen molar-refractivity contribution in [3.63, 3.8) is 0 Å². The molecule has 0 spiro atoms. The molecule has 0 saturated carbocycles. The summed E-state index contributed by atoms with van der Waals surface area (Å²) >= 11 is 1.32. The number of rotatable bonds is 3. The van der Waals surface area contributed by atoms with Gasteiger partial charge in [-0.15, -0.1) is 11.3 Å². The van der Waals surface area contributed by atoms with Crippen LogP contribution in [0, 0.1) is 18.3 Å². The van der Waals surface area contributed by atoms with Crippen molar-refractivity contribution in [2.45, 2.75) is 12.8 Å². The SMILES string of the molecule is Cc1csc([C@@H](C#N)C(=O)c2ccc3cc[nH]c3n2)n1. The number of nitrogens with one attached hydrogen (secondary N) is 1. The highest BCUT2D eigenvalue weighted by Crippen LogP contribution is 2.24. The molecule has 0 fully saturated rings. The summed E-state index contributed by atoms with van der Waals surface area (Å²) in [4.78, 5) is 23.9. The maximum atomic E-state index is 12.4. The summed E-state index contributed by atoms with van der Waals surface area (Å²) in [5.41, 5.74) is 1.73. The number of H-pyrrole nitrogens is 1. The second-order valence-electron chi connectivity index (χ2n) is 4.37. The molecule has 0 aliphatic carbocycles. The molecule has 98 valence electrons. The van der Waals surface area contributed by atoms with Gasteiger partial charge in [0, 0.05) is 22.7 Å². The minimum Gasteiger partial charge on any atom is -0.346 e. The highest BCUT2D eigenvalue weighted by molar-refractivity contribution is 7.10. The summed E-state index contributed by atoms with van der Waals surface area (Å²) < 4.78 is 0. The van der Waals surface area contributed by atoms with Crippen LogP contribution in [0.5, 0.6) is 0 Å². The lowest BCUT2D eigenvalue weighted by atomic mass is 10.0. The van der Waals surface area contributed by atoms with Crippen molar-refractivity contribution in [1.29, 1.82) is 5.26 Å². The first-order valence-corrected chi connectivity index (χ1v) is 6.87. The Bertz CT molecular complexity index is 827. The largest absolute Gasteiger partial charge is 0.346 e. The molecule has 0 aliphatic heterocycles. The number of pyridine rings is 1. The Labute approximate surface area is 118 Å². The number of Topliss-reactive ketones (excluding diaryl/α,β-unsaturated/α-hetero) is 1. The Morgan fingerprint density at radius 1 is 1.40 bits per heavy atom. The van der Waals surface area contributed by atoms with Gasteiger partial charge in [0.25, 0.3) is 0 Å². The zero-order valence-corrected chi connectivity index (χ0v) is 11.4. The Kier molecular flexibility index (Phi) is 3.05. The molecular weight excluding hydrogens is 272 g/mol. The zero-order valence-electron chi connectivity index (χ0n) is 10.6. The number of hydrogen-bond acceptors (Lipinski definition) is 5. The highest BCUT2D eigenvalue weighted by Gasteiger charge is 2.25. The van der Waals surface area contributed by atoms with Crippen LogP contribution in [0.25, 0.3) is 11.0 Å². The van der Waals surface area contributed by atoms with Crippen LogP contribution in [0.1, 0.15) is 27.1 Å². The number of ketones is 1. The van der Waals surface area contributed by atoms with E-state index in [0.29, 0.717) is 10.7 Å². The van der Waals surface area contributed by atoms with E-state index >= 15 is 0 Å². The van der Waals surface area contributed by atoms with Crippen LogP contribution in [-0.2, 0) is 0 Å². The van der Waals surface area contributed by atoms with Crippen LogP contribution in [-0.4, -0.2) is 20.7 Å². The molecular formula is C14H10N4OS. The van der Waals surface area contributed by atoms with Crippen molar-refractivity contribution >= 4 is 28.2 Å². The predicted molar refractivity (Wildman–Crippen MR) is 75.6 cm³/mol. The fourth-order valence-electron chi connectivity index (χ4n) is 1.95. The number of aromatic nitrogens is 3. The third-order valence-electron chi connectivity index (χ3n) is 2.94. The number of nitrogens with zero attached hydrogens (tertiary/aromatic N) is 3. The Hall–Kier alpha value is -2.52. The summed E-state index contributed by atoms with van der Waals surface area (Å²) in [6.45, 7) is 1.84. The predicted octanol–water partition coefficient (Wildman–Crippen LogP) is 2.82. The van der Waals surface area contributed by atoms with Gasteiger partial charge in [-0.25, -0.2) is 9.97 Å². The molecule has 0 bridgehead atoms. The number of carbonyl (C=O) groups is 1. The van der Waals surface area contributed by atoms with Crippen molar-refractivity contribution < 1.29 is 4.79 Å². The van der Waals surface area contributed by atoms with Gasteiger partial charge in [-0.3, -0.25) is 4.79 Å². The van der Waals surface area contributed by atoms with Crippen molar-refractivity contribution in [3.05, 3.63) is 46.2 Å². The quantitative estimate of drug-likeness (QED) is 0.749. The molecule has 0 aromatic carbocycles. The van der Waals surface area contributed by atoms with E-state index in [1.807, 2.05) is 30.5 Å². The molecule has 0 saturated heterocycles. The van der Waals surface area contributed by atoms with Crippen molar-refractivity contribution in [2.24, 2.45) is 0 Å². The monoisotopic (exact) mass is 282 g/mol. The van der Waals surface area contributed by atoms with E-state index in [-0.39, 0.29) is 11.5 Å². The summed E-state index contributed by atoms with van der Waals surface area (Å²) in [6, 6.07) is 7.35. The first-order valence-electron chi connectivity index (χ1n) is 5.99. The number of nitriles is 1. The molecule has 1 atom stereocenters. The van der Waals surface area contributed by atoms with Crippen molar-refractivity contribution in [1.82, 2.24) is 15.0 Å². The summed E-state index contributed by atoms with van der Waals surface area (Å²) in [5, 5.41) is 12.5. The van der Waals surface area contributed by atoms with Crippen molar-refractivity contribution in [3.8, 4) is 6.07 Å². The molecule has 0 unspecified atom stereocenters. The third-order valence-corrected chi connectivity index (χ3v) is 3.96. The lowest BCUT2D eigenvalue weighted by molar-refractivity contribution is 0.0974.